The number of hydrazone groups is 1. The van der Waals surface area contributed by atoms with Crippen LogP contribution in [0.1, 0.15) is 65.7 Å². The van der Waals surface area contributed by atoms with E-state index in [2.05, 4.69) is 55.6 Å². The van der Waals surface area contributed by atoms with Gasteiger partial charge in [-0.1, -0.05) is 45.0 Å². The minimum absolute atomic E-state index is 0.0563. The molecule has 1 fully saturated rings. The summed E-state index contributed by atoms with van der Waals surface area (Å²) in [5, 5.41) is 15.0. The smallest absolute Gasteiger partial charge is 0.343 e. The third-order valence-electron chi connectivity index (χ3n) is 6.44. The lowest BCUT2D eigenvalue weighted by molar-refractivity contribution is -0.385. The summed E-state index contributed by atoms with van der Waals surface area (Å²) in [5.41, 5.74) is 6.41. The number of nitrogens with one attached hydrogen (secondary N) is 1. The zero-order valence-corrected chi connectivity index (χ0v) is 21.2. The molecule has 0 bridgehead atoms. The lowest BCUT2D eigenvalue weighted by atomic mass is 9.86. The van der Waals surface area contributed by atoms with Crippen LogP contribution in [0.4, 0.5) is 5.69 Å². The number of hydrogen-bond donors (Lipinski definition) is 1. The Hall–Kier alpha value is -4.33. The van der Waals surface area contributed by atoms with Crippen LogP contribution in [0.3, 0.4) is 0 Å². The van der Waals surface area contributed by atoms with Crippen molar-refractivity contribution in [2.75, 3.05) is 0 Å². The average molecular weight is 500 g/mol. The Bertz CT molecular complexity index is 1360. The summed E-state index contributed by atoms with van der Waals surface area (Å²) in [5.74, 6) is -0.260. The molecule has 0 spiro atoms. The van der Waals surface area contributed by atoms with Crippen molar-refractivity contribution in [3.05, 3.63) is 105 Å². The highest BCUT2D eigenvalue weighted by atomic mass is 16.6. The van der Waals surface area contributed by atoms with Crippen molar-refractivity contribution in [2.45, 2.75) is 45.4 Å². The van der Waals surface area contributed by atoms with Gasteiger partial charge in [0.1, 0.15) is 5.75 Å². The molecule has 37 heavy (non-hydrogen) atoms. The first-order chi connectivity index (χ1) is 17.5. The second-order valence-corrected chi connectivity index (χ2v) is 10.3. The van der Waals surface area contributed by atoms with Crippen molar-refractivity contribution in [2.24, 2.45) is 11.0 Å². The van der Waals surface area contributed by atoms with Crippen LogP contribution in [0, 0.1) is 23.0 Å². The Morgan fingerprint density at radius 3 is 2.32 bits per heavy atom. The highest BCUT2D eigenvalue weighted by Gasteiger charge is 2.44. The van der Waals surface area contributed by atoms with E-state index in [1.807, 2.05) is 0 Å². The molecule has 190 valence electrons. The number of nitrogens with zero attached hydrogens (tertiary/aromatic N) is 2. The predicted molar refractivity (Wildman–Crippen MR) is 141 cm³/mol. The van der Waals surface area contributed by atoms with Crippen LogP contribution in [0.25, 0.3) is 0 Å². The number of carbonyl (C=O) groups excluding carboxylic acids is 2. The van der Waals surface area contributed by atoms with E-state index in [0.717, 1.165) is 12.0 Å². The van der Waals surface area contributed by atoms with E-state index in [1.54, 1.807) is 31.2 Å². The molecule has 1 aliphatic rings. The molecule has 0 aliphatic heterocycles. The van der Waals surface area contributed by atoms with Gasteiger partial charge in [0, 0.05) is 17.5 Å². The van der Waals surface area contributed by atoms with Crippen LogP contribution in [0.2, 0.25) is 0 Å². The van der Waals surface area contributed by atoms with Gasteiger partial charge in [-0.25, -0.2) is 10.2 Å². The highest BCUT2D eigenvalue weighted by molar-refractivity contribution is 5.92. The zero-order valence-electron chi connectivity index (χ0n) is 21.2. The molecule has 1 aliphatic carbocycles. The summed E-state index contributed by atoms with van der Waals surface area (Å²) in [6.45, 7) is 8.10. The third-order valence-corrected chi connectivity index (χ3v) is 6.44. The van der Waals surface area contributed by atoms with E-state index >= 15 is 0 Å². The highest BCUT2D eigenvalue weighted by Crippen LogP contribution is 2.47. The number of hydrogen-bond acceptors (Lipinski definition) is 6. The van der Waals surface area contributed by atoms with Crippen LogP contribution in [-0.2, 0) is 10.2 Å². The van der Waals surface area contributed by atoms with E-state index in [-0.39, 0.29) is 34.4 Å². The maximum absolute atomic E-state index is 12.5. The van der Waals surface area contributed by atoms with Gasteiger partial charge in [0.05, 0.1) is 16.7 Å². The number of benzene rings is 3. The van der Waals surface area contributed by atoms with E-state index in [9.17, 15) is 19.7 Å². The van der Waals surface area contributed by atoms with Crippen molar-refractivity contribution in [1.29, 1.82) is 0 Å². The van der Waals surface area contributed by atoms with Gasteiger partial charge in [-0.3, -0.25) is 14.9 Å². The normalized spacial score (nSPS) is 16.9. The molecular formula is C29H29N3O5. The Kier molecular flexibility index (Phi) is 7.20. The second kappa shape index (κ2) is 10.3. The van der Waals surface area contributed by atoms with E-state index in [0.29, 0.717) is 11.3 Å². The minimum atomic E-state index is -0.612. The molecule has 3 aromatic rings. The first-order valence-electron chi connectivity index (χ1n) is 12.0. The molecule has 4 rings (SSSR count). The topological polar surface area (TPSA) is 111 Å². The Morgan fingerprint density at radius 1 is 1.05 bits per heavy atom. The molecule has 1 N–H and O–H groups in total. The van der Waals surface area contributed by atoms with Crippen LogP contribution < -0.4 is 10.2 Å². The first-order valence-corrected chi connectivity index (χ1v) is 12.0. The second-order valence-electron chi connectivity index (χ2n) is 10.3. The number of aryl methyl sites for hydroxylation is 1. The van der Waals surface area contributed by atoms with Gasteiger partial charge >= 0.3 is 5.97 Å². The molecule has 1 amide bonds. The Balaban J connectivity index is 1.27. The van der Waals surface area contributed by atoms with Crippen molar-refractivity contribution in [3.8, 4) is 5.75 Å². The number of nitro benzene ring substituents is 1. The van der Waals surface area contributed by atoms with Crippen molar-refractivity contribution in [1.82, 2.24) is 5.43 Å². The average Bonchev–Trinajstić information content (AvgIpc) is 3.65. The SMILES string of the molecule is Cc1cc(C(=O)Oc2ccc(/C=N/NC(=O)[C@H]3C[C@H]3c3ccc(C(C)(C)C)cc3)cc2)ccc1[N+](=O)[O-]. The maximum Gasteiger partial charge on any atom is 0.343 e. The summed E-state index contributed by atoms with van der Waals surface area (Å²) in [4.78, 5) is 35.3. The van der Waals surface area contributed by atoms with Gasteiger partial charge in [-0.05, 0) is 77.8 Å². The quantitative estimate of drug-likeness (QED) is 0.148. The standard InChI is InChI=1S/C29H29N3O5/c1-18-15-21(9-14-26(18)32(35)36)28(34)37-23-12-5-19(6-13-23)17-30-31-27(33)25-16-24(25)20-7-10-22(11-8-20)29(2,3)4/h5-15,17,24-25H,16H2,1-4H3,(H,31,33)/b30-17+/t24-,25-/m0/s1. The van der Waals surface area contributed by atoms with E-state index < -0.39 is 10.9 Å². The van der Waals surface area contributed by atoms with E-state index in [4.69, 9.17) is 4.74 Å². The Labute approximate surface area is 215 Å². The fourth-order valence-corrected chi connectivity index (χ4v) is 4.11. The molecule has 1 saturated carbocycles. The zero-order chi connectivity index (χ0) is 26.7. The van der Waals surface area contributed by atoms with Crippen LogP contribution in [0.5, 0.6) is 5.75 Å². The van der Waals surface area contributed by atoms with Gasteiger partial charge in [-0.2, -0.15) is 5.10 Å². The van der Waals surface area contributed by atoms with Crippen molar-refractivity contribution < 1.29 is 19.2 Å². The maximum atomic E-state index is 12.5. The predicted octanol–water partition coefficient (Wildman–Crippen LogP) is 5.67. The molecule has 0 saturated heterocycles. The fraction of sp³-hybridized carbons (Fsp3) is 0.276. The van der Waals surface area contributed by atoms with Gasteiger partial charge in [0.2, 0.25) is 5.91 Å². The van der Waals surface area contributed by atoms with Crippen LogP contribution >= 0.6 is 0 Å². The number of esters is 1. The van der Waals surface area contributed by atoms with Gasteiger partial charge in [0.25, 0.3) is 5.69 Å². The molecule has 8 heteroatoms. The number of rotatable bonds is 7. The lowest BCUT2D eigenvalue weighted by Crippen LogP contribution is -2.20. The van der Waals surface area contributed by atoms with Crippen LogP contribution in [-0.4, -0.2) is 23.0 Å². The van der Waals surface area contributed by atoms with Gasteiger partial charge in [-0.15, -0.1) is 0 Å². The molecule has 8 nitrogen and oxygen atoms in total. The van der Waals surface area contributed by atoms with Crippen molar-refractivity contribution in [3.63, 3.8) is 0 Å². The van der Waals surface area contributed by atoms with Gasteiger partial charge < -0.3 is 4.74 Å². The number of carbonyl (C=O) groups is 2. The molecule has 3 aromatic carbocycles. The van der Waals surface area contributed by atoms with Crippen LogP contribution in [0.15, 0.2) is 71.8 Å². The summed E-state index contributed by atoms with van der Waals surface area (Å²) in [6, 6.07) is 19.2. The minimum Gasteiger partial charge on any atom is -0.423 e. The summed E-state index contributed by atoms with van der Waals surface area (Å²) in [6.07, 6.45) is 2.34. The van der Waals surface area contributed by atoms with Crippen molar-refractivity contribution >= 4 is 23.8 Å². The van der Waals surface area contributed by atoms with E-state index in [1.165, 1.54) is 35.5 Å². The summed E-state index contributed by atoms with van der Waals surface area (Å²) >= 11 is 0. The molecule has 0 heterocycles. The third kappa shape index (κ3) is 6.27. The monoisotopic (exact) mass is 499 g/mol. The Morgan fingerprint density at radius 2 is 1.73 bits per heavy atom. The van der Waals surface area contributed by atoms with Gasteiger partial charge in [0.15, 0.2) is 0 Å². The number of nitro groups is 1. The largest absolute Gasteiger partial charge is 0.423 e. The molecule has 2 atom stereocenters. The lowest BCUT2D eigenvalue weighted by Gasteiger charge is -2.19. The first kappa shape index (κ1) is 25.8. The summed E-state index contributed by atoms with van der Waals surface area (Å²) in [7, 11) is 0. The fourth-order valence-electron chi connectivity index (χ4n) is 4.11. The molecule has 0 radical (unpaired) electrons. The number of amides is 1. The molecule has 0 unspecified atom stereocenters. The molecular weight excluding hydrogens is 470 g/mol. The summed E-state index contributed by atoms with van der Waals surface area (Å²) < 4.78 is 5.35. The molecule has 0 aromatic heterocycles. The number of ether oxygens (including phenoxy) is 1.